The van der Waals surface area contributed by atoms with Crippen molar-refractivity contribution in [2.75, 3.05) is 26.2 Å². The number of nitrogens with zero attached hydrogens (tertiary/aromatic N) is 2. The molecule has 1 unspecified atom stereocenters. The number of carbonyl (C=O) groups excluding carboxylic acids is 2. The Morgan fingerprint density at radius 3 is 2.79 bits per heavy atom. The zero-order valence-corrected chi connectivity index (χ0v) is 11.3. The summed E-state index contributed by atoms with van der Waals surface area (Å²) in [5.74, 6) is 0.696. The van der Waals surface area contributed by atoms with E-state index in [-0.39, 0.29) is 30.4 Å². The molecule has 19 heavy (non-hydrogen) atoms. The van der Waals surface area contributed by atoms with Crippen molar-refractivity contribution in [3.05, 3.63) is 0 Å². The average molecular weight is 266 g/mol. The van der Waals surface area contributed by atoms with Gasteiger partial charge in [0.25, 0.3) is 0 Å². The van der Waals surface area contributed by atoms with Crippen LogP contribution >= 0.6 is 0 Å². The van der Waals surface area contributed by atoms with E-state index in [0.717, 1.165) is 25.9 Å². The quantitative estimate of drug-likeness (QED) is 0.792. The second-order valence-electron chi connectivity index (χ2n) is 6.15. The average Bonchev–Trinajstić information content (AvgIpc) is 2.97. The lowest BCUT2D eigenvalue weighted by atomic mass is 10.1. The molecule has 0 spiro atoms. The van der Waals surface area contributed by atoms with Gasteiger partial charge in [0.2, 0.25) is 11.8 Å². The standard InChI is InChI=1S/C14H22N2O3/c17-9-12-2-1-5-16(12)14(19)11-6-13(18)15(8-11)7-10-3-4-10/h10-12,17H,1-9H2/t11?,12-/m0/s1. The van der Waals surface area contributed by atoms with Crippen molar-refractivity contribution in [1.29, 1.82) is 0 Å². The highest BCUT2D eigenvalue weighted by Crippen LogP contribution is 2.32. The summed E-state index contributed by atoms with van der Waals surface area (Å²) in [5, 5.41) is 9.29. The maximum atomic E-state index is 12.4. The van der Waals surface area contributed by atoms with Crippen LogP contribution in [0.4, 0.5) is 0 Å². The molecule has 106 valence electrons. The predicted molar refractivity (Wildman–Crippen MR) is 69.2 cm³/mol. The van der Waals surface area contributed by atoms with Gasteiger partial charge in [-0.2, -0.15) is 0 Å². The molecule has 2 saturated heterocycles. The minimum absolute atomic E-state index is 0.0277. The zero-order chi connectivity index (χ0) is 13.4. The van der Waals surface area contributed by atoms with Gasteiger partial charge < -0.3 is 14.9 Å². The molecule has 2 heterocycles. The van der Waals surface area contributed by atoms with Crippen LogP contribution in [0.2, 0.25) is 0 Å². The molecule has 3 aliphatic rings. The van der Waals surface area contributed by atoms with E-state index >= 15 is 0 Å². The number of hydrogen-bond acceptors (Lipinski definition) is 3. The molecule has 1 aliphatic carbocycles. The second-order valence-corrected chi connectivity index (χ2v) is 6.15. The van der Waals surface area contributed by atoms with Crippen LogP contribution in [-0.4, -0.2) is 59.0 Å². The molecule has 0 aromatic carbocycles. The molecule has 1 saturated carbocycles. The summed E-state index contributed by atoms with van der Waals surface area (Å²) in [6, 6.07) is -0.0277. The lowest BCUT2D eigenvalue weighted by Gasteiger charge is -2.26. The van der Waals surface area contributed by atoms with Crippen LogP contribution in [-0.2, 0) is 9.59 Å². The number of hydrogen-bond donors (Lipinski definition) is 1. The van der Waals surface area contributed by atoms with Crippen LogP contribution in [0.25, 0.3) is 0 Å². The molecule has 1 N–H and O–H groups in total. The predicted octanol–water partition coefficient (Wildman–Crippen LogP) is 0.228. The Bertz CT molecular complexity index is 381. The molecule has 3 rings (SSSR count). The molecule has 5 heteroatoms. The lowest BCUT2D eigenvalue weighted by molar-refractivity contribution is -0.137. The third-order valence-corrected chi connectivity index (χ3v) is 4.61. The van der Waals surface area contributed by atoms with Gasteiger partial charge in [0.1, 0.15) is 0 Å². The van der Waals surface area contributed by atoms with E-state index in [9.17, 15) is 14.7 Å². The third kappa shape index (κ3) is 2.61. The van der Waals surface area contributed by atoms with Crippen molar-refractivity contribution in [3.8, 4) is 0 Å². The van der Waals surface area contributed by atoms with E-state index in [2.05, 4.69) is 0 Å². The van der Waals surface area contributed by atoms with Gasteiger partial charge in [-0.3, -0.25) is 9.59 Å². The SMILES string of the molecule is O=C1CC(C(=O)N2CCC[C@H]2CO)CN1CC1CC1. The van der Waals surface area contributed by atoms with E-state index in [1.165, 1.54) is 12.8 Å². The van der Waals surface area contributed by atoms with Crippen LogP contribution in [0.5, 0.6) is 0 Å². The Kier molecular flexibility index (Phi) is 3.48. The van der Waals surface area contributed by atoms with E-state index in [0.29, 0.717) is 18.9 Å². The Morgan fingerprint density at radius 1 is 1.32 bits per heavy atom. The molecule has 5 nitrogen and oxygen atoms in total. The van der Waals surface area contributed by atoms with Crippen molar-refractivity contribution < 1.29 is 14.7 Å². The monoisotopic (exact) mass is 266 g/mol. The number of aliphatic hydroxyl groups is 1. The van der Waals surface area contributed by atoms with Crippen molar-refractivity contribution >= 4 is 11.8 Å². The van der Waals surface area contributed by atoms with Gasteiger partial charge >= 0.3 is 0 Å². The fraction of sp³-hybridized carbons (Fsp3) is 0.857. The Balaban J connectivity index is 1.59. The molecule has 2 atom stereocenters. The summed E-state index contributed by atoms with van der Waals surface area (Å²) >= 11 is 0. The van der Waals surface area contributed by atoms with E-state index in [1.54, 1.807) is 4.90 Å². The smallest absolute Gasteiger partial charge is 0.228 e. The topological polar surface area (TPSA) is 60.9 Å². The van der Waals surface area contributed by atoms with Crippen LogP contribution in [0.15, 0.2) is 0 Å². The third-order valence-electron chi connectivity index (χ3n) is 4.61. The Labute approximate surface area is 113 Å². The maximum Gasteiger partial charge on any atom is 0.228 e. The molecule has 0 aromatic rings. The van der Waals surface area contributed by atoms with Gasteiger partial charge in [0, 0.05) is 26.1 Å². The first kappa shape index (κ1) is 12.9. The summed E-state index contributed by atoms with van der Waals surface area (Å²) in [7, 11) is 0. The molecule has 2 amide bonds. The summed E-state index contributed by atoms with van der Waals surface area (Å²) < 4.78 is 0. The molecule has 0 aromatic heterocycles. The van der Waals surface area contributed by atoms with E-state index < -0.39 is 0 Å². The van der Waals surface area contributed by atoms with Crippen LogP contribution in [0, 0.1) is 11.8 Å². The normalized spacial score (nSPS) is 31.3. The van der Waals surface area contributed by atoms with Gasteiger partial charge in [0.15, 0.2) is 0 Å². The first-order valence-electron chi connectivity index (χ1n) is 7.38. The summed E-state index contributed by atoms with van der Waals surface area (Å²) in [6.07, 6.45) is 4.65. The zero-order valence-electron chi connectivity index (χ0n) is 11.3. The number of likely N-dealkylation sites (tertiary alicyclic amines) is 2. The highest BCUT2D eigenvalue weighted by molar-refractivity contribution is 5.89. The lowest BCUT2D eigenvalue weighted by Crippen LogP contribution is -2.42. The fourth-order valence-electron chi connectivity index (χ4n) is 3.28. The minimum Gasteiger partial charge on any atom is -0.394 e. The summed E-state index contributed by atoms with van der Waals surface area (Å²) in [6.45, 7) is 2.20. The van der Waals surface area contributed by atoms with Crippen molar-refractivity contribution in [2.24, 2.45) is 11.8 Å². The molecule has 2 aliphatic heterocycles. The minimum atomic E-state index is -0.182. The van der Waals surface area contributed by atoms with Gasteiger partial charge in [-0.15, -0.1) is 0 Å². The van der Waals surface area contributed by atoms with Crippen molar-refractivity contribution in [1.82, 2.24) is 9.80 Å². The highest BCUT2D eigenvalue weighted by Gasteiger charge is 2.40. The first-order chi connectivity index (χ1) is 9.19. The number of amides is 2. The van der Waals surface area contributed by atoms with E-state index in [1.807, 2.05) is 4.90 Å². The Hall–Kier alpha value is -1.10. The highest BCUT2D eigenvalue weighted by atomic mass is 16.3. The van der Waals surface area contributed by atoms with Crippen LogP contribution < -0.4 is 0 Å². The first-order valence-corrected chi connectivity index (χ1v) is 7.38. The molecular weight excluding hydrogens is 244 g/mol. The second kappa shape index (κ2) is 5.12. The molecule has 0 bridgehead atoms. The van der Waals surface area contributed by atoms with Gasteiger partial charge in [-0.25, -0.2) is 0 Å². The van der Waals surface area contributed by atoms with Gasteiger partial charge in [-0.1, -0.05) is 0 Å². The maximum absolute atomic E-state index is 12.4. The van der Waals surface area contributed by atoms with E-state index in [4.69, 9.17) is 0 Å². The molecule has 0 radical (unpaired) electrons. The van der Waals surface area contributed by atoms with Crippen molar-refractivity contribution in [3.63, 3.8) is 0 Å². The summed E-state index contributed by atoms with van der Waals surface area (Å²) in [4.78, 5) is 28.0. The fourth-order valence-corrected chi connectivity index (χ4v) is 3.28. The van der Waals surface area contributed by atoms with Crippen LogP contribution in [0.3, 0.4) is 0 Å². The molecule has 3 fully saturated rings. The number of carbonyl (C=O) groups is 2. The van der Waals surface area contributed by atoms with Gasteiger partial charge in [-0.05, 0) is 31.6 Å². The van der Waals surface area contributed by atoms with Crippen LogP contribution in [0.1, 0.15) is 32.1 Å². The largest absolute Gasteiger partial charge is 0.394 e. The number of rotatable bonds is 4. The Morgan fingerprint density at radius 2 is 2.11 bits per heavy atom. The van der Waals surface area contributed by atoms with Crippen molar-refractivity contribution in [2.45, 2.75) is 38.1 Å². The van der Waals surface area contributed by atoms with Gasteiger partial charge in [0.05, 0.1) is 18.6 Å². The summed E-state index contributed by atoms with van der Waals surface area (Å²) in [5.41, 5.74) is 0. The number of aliphatic hydroxyl groups excluding tert-OH is 1. The molecular formula is C14H22N2O3.